The highest BCUT2D eigenvalue weighted by atomic mass is 32.1. The largest absolute Gasteiger partial charge is 0.373 e. The van der Waals surface area contributed by atoms with Gasteiger partial charge in [0, 0.05) is 25.5 Å². The van der Waals surface area contributed by atoms with Crippen molar-refractivity contribution in [2.75, 3.05) is 29.9 Å². The molecule has 1 amide bonds. The van der Waals surface area contributed by atoms with Crippen molar-refractivity contribution in [2.45, 2.75) is 6.42 Å². The summed E-state index contributed by atoms with van der Waals surface area (Å²) in [6.07, 6.45) is 0.816. The van der Waals surface area contributed by atoms with E-state index in [1.54, 1.807) is 16.3 Å². The fourth-order valence-corrected chi connectivity index (χ4v) is 2.77. The zero-order chi connectivity index (χ0) is 14.1. The number of benzene rings is 1. The molecule has 0 N–H and O–H groups in total. The number of carbonyl (C=O) groups is 1. The maximum atomic E-state index is 13.5. The Morgan fingerprint density at radius 2 is 2.20 bits per heavy atom. The number of nitrogens with zero attached hydrogens (tertiary/aromatic N) is 4. The lowest BCUT2D eigenvalue weighted by atomic mass is 10.2. The summed E-state index contributed by atoms with van der Waals surface area (Å²) in [6, 6.07) is 4.47. The lowest BCUT2D eigenvalue weighted by molar-refractivity contribution is 0.0982. The van der Waals surface area contributed by atoms with Crippen LogP contribution in [0.25, 0.3) is 0 Å². The maximum absolute atomic E-state index is 13.5. The van der Waals surface area contributed by atoms with Gasteiger partial charge in [0.1, 0.15) is 5.82 Å². The molecule has 0 saturated carbocycles. The third kappa shape index (κ3) is 2.24. The fourth-order valence-electron chi connectivity index (χ4n) is 2.34. The molecule has 0 atom stereocenters. The molecule has 5 nitrogen and oxygen atoms in total. The summed E-state index contributed by atoms with van der Waals surface area (Å²) in [5.41, 5.74) is 1.76. The molecule has 1 aromatic carbocycles. The molecule has 1 aliphatic heterocycles. The number of carbonyl (C=O) groups excluding carboxylic acids is 1. The Morgan fingerprint density at radius 3 is 2.95 bits per heavy atom. The third-order valence-corrected chi connectivity index (χ3v) is 3.84. The smallest absolute Gasteiger partial charge is 0.279 e. The molecular weight excluding hydrogens is 279 g/mol. The van der Waals surface area contributed by atoms with Crippen LogP contribution in [0, 0.1) is 5.82 Å². The Balaban J connectivity index is 2.04. The van der Waals surface area contributed by atoms with E-state index in [2.05, 4.69) is 9.59 Å². The van der Waals surface area contributed by atoms with E-state index in [1.165, 1.54) is 12.1 Å². The van der Waals surface area contributed by atoms with Gasteiger partial charge >= 0.3 is 0 Å². The zero-order valence-electron chi connectivity index (χ0n) is 10.9. The monoisotopic (exact) mass is 292 g/mol. The van der Waals surface area contributed by atoms with Crippen LogP contribution in [0.3, 0.4) is 0 Å². The van der Waals surface area contributed by atoms with Crippen molar-refractivity contribution in [1.29, 1.82) is 0 Å². The van der Waals surface area contributed by atoms with E-state index < -0.39 is 0 Å². The Hall–Kier alpha value is -2.02. The van der Waals surface area contributed by atoms with Gasteiger partial charge in [0.05, 0.1) is 11.4 Å². The minimum absolute atomic E-state index is 0.193. The van der Waals surface area contributed by atoms with Crippen LogP contribution in [-0.4, -0.2) is 35.6 Å². The zero-order valence-corrected chi connectivity index (χ0v) is 11.7. The Morgan fingerprint density at radius 1 is 1.35 bits per heavy atom. The number of aromatic nitrogens is 2. The summed E-state index contributed by atoms with van der Waals surface area (Å²) in [7, 11) is 1.90. The molecule has 0 saturated heterocycles. The molecule has 1 aromatic heterocycles. The summed E-state index contributed by atoms with van der Waals surface area (Å²) in [4.78, 5) is 16.1. The van der Waals surface area contributed by atoms with E-state index in [4.69, 9.17) is 0 Å². The third-order valence-electron chi connectivity index (χ3n) is 3.34. The first-order valence-corrected chi connectivity index (χ1v) is 7.10. The number of amides is 1. The molecule has 7 heteroatoms. The van der Waals surface area contributed by atoms with Gasteiger partial charge in [0.2, 0.25) is 0 Å². The van der Waals surface area contributed by atoms with Crippen LogP contribution < -0.4 is 9.80 Å². The second-order valence-electron chi connectivity index (χ2n) is 4.66. The number of hydrogen-bond donors (Lipinski definition) is 0. The number of anilines is 2. The van der Waals surface area contributed by atoms with Gasteiger partial charge in [-0.15, -0.1) is 5.10 Å². The topological polar surface area (TPSA) is 49.3 Å². The summed E-state index contributed by atoms with van der Waals surface area (Å²) < 4.78 is 17.2. The van der Waals surface area contributed by atoms with Crippen molar-refractivity contribution in [1.82, 2.24) is 9.59 Å². The molecular formula is C13H13FN4OS. The maximum Gasteiger partial charge on any atom is 0.279 e. The first-order valence-electron chi connectivity index (χ1n) is 6.26. The van der Waals surface area contributed by atoms with Crippen LogP contribution in [0.4, 0.5) is 15.8 Å². The molecule has 0 unspecified atom stereocenters. The molecule has 3 rings (SSSR count). The van der Waals surface area contributed by atoms with Crippen molar-refractivity contribution in [3.63, 3.8) is 0 Å². The Kier molecular flexibility index (Phi) is 3.35. The van der Waals surface area contributed by atoms with Crippen molar-refractivity contribution in [3.8, 4) is 0 Å². The highest BCUT2D eigenvalue weighted by molar-refractivity contribution is 7.03. The standard InChI is InChI=1S/C13H13FN4OS/c1-17-5-2-6-18(13(19)10-8-20-16-15-10)11-4-3-9(14)7-12(11)17/h3-4,7-8H,2,5-6H2,1H3. The van der Waals surface area contributed by atoms with Gasteiger partial charge in [-0.1, -0.05) is 4.49 Å². The summed E-state index contributed by atoms with van der Waals surface area (Å²) in [5.74, 6) is -0.498. The van der Waals surface area contributed by atoms with Crippen LogP contribution >= 0.6 is 11.5 Å². The second kappa shape index (κ2) is 5.16. The van der Waals surface area contributed by atoms with Crippen LogP contribution in [0.15, 0.2) is 23.6 Å². The normalized spacial score (nSPS) is 14.9. The molecule has 2 heterocycles. The van der Waals surface area contributed by atoms with Gasteiger partial charge in [0.15, 0.2) is 5.69 Å². The second-order valence-corrected chi connectivity index (χ2v) is 5.26. The molecule has 0 aliphatic carbocycles. The first-order chi connectivity index (χ1) is 9.66. The highest BCUT2D eigenvalue weighted by Crippen LogP contribution is 2.33. The lowest BCUT2D eigenvalue weighted by Gasteiger charge is -2.23. The predicted molar refractivity (Wildman–Crippen MR) is 75.9 cm³/mol. The molecule has 1 aliphatic rings. The van der Waals surface area contributed by atoms with E-state index in [9.17, 15) is 9.18 Å². The molecule has 0 spiro atoms. The fraction of sp³-hybridized carbons (Fsp3) is 0.308. The van der Waals surface area contributed by atoms with Crippen molar-refractivity contribution in [2.24, 2.45) is 0 Å². The van der Waals surface area contributed by atoms with Crippen molar-refractivity contribution >= 4 is 28.8 Å². The van der Waals surface area contributed by atoms with Crippen LogP contribution in [0.1, 0.15) is 16.9 Å². The lowest BCUT2D eigenvalue weighted by Crippen LogP contribution is -2.31. The Bertz CT molecular complexity index is 631. The van der Waals surface area contributed by atoms with Crippen LogP contribution in [0.2, 0.25) is 0 Å². The van der Waals surface area contributed by atoms with Gasteiger partial charge < -0.3 is 9.80 Å². The van der Waals surface area contributed by atoms with E-state index >= 15 is 0 Å². The van der Waals surface area contributed by atoms with Gasteiger partial charge in [-0.25, -0.2) is 4.39 Å². The van der Waals surface area contributed by atoms with Crippen molar-refractivity contribution in [3.05, 3.63) is 35.1 Å². The first kappa shape index (κ1) is 13.0. The molecule has 0 bridgehead atoms. The molecule has 0 radical (unpaired) electrons. The van der Waals surface area contributed by atoms with Gasteiger partial charge in [0.25, 0.3) is 5.91 Å². The molecule has 2 aromatic rings. The minimum atomic E-state index is -0.305. The number of fused-ring (bicyclic) bond motifs is 1. The minimum Gasteiger partial charge on any atom is -0.373 e. The predicted octanol–water partition coefficient (Wildman–Crippen LogP) is 2.16. The van der Waals surface area contributed by atoms with E-state index in [0.29, 0.717) is 17.9 Å². The van der Waals surface area contributed by atoms with Gasteiger partial charge in [-0.2, -0.15) is 0 Å². The van der Waals surface area contributed by atoms with E-state index in [-0.39, 0.29) is 11.7 Å². The Labute approximate surface area is 119 Å². The van der Waals surface area contributed by atoms with E-state index in [0.717, 1.165) is 30.2 Å². The van der Waals surface area contributed by atoms with Gasteiger partial charge in [-0.3, -0.25) is 4.79 Å². The average molecular weight is 292 g/mol. The highest BCUT2D eigenvalue weighted by Gasteiger charge is 2.26. The van der Waals surface area contributed by atoms with Crippen LogP contribution in [-0.2, 0) is 0 Å². The molecule has 104 valence electrons. The van der Waals surface area contributed by atoms with E-state index in [1.807, 2.05) is 11.9 Å². The van der Waals surface area contributed by atoms with Crippen LogP contribution in [0.5, 0.6) is 0 Å². The molecule has 0 fully saturated rings. The van der Waals surface area contributed by atoms with Crippen molar-refractivity contribution < 1.29 is 9.18 Å². The summed E-state index contributed by atoms with van der Waals surface area (Å²) in [5, 5.41) is 5.45. The number of rotatable bonds is 1. The number of hydrogen-bond acceptors (Lipinski definition) is 5. The average Bonchev–Trinajstić information content (AvgIpc) is 2.92. The summed E-state index contributed by atoms with van der Waals surface area (Å²) in [6.45, 7) is 1.36. The van der Waals surface area contributed by atoms with Gasteiger partial charge in [-0.05, 0) is 36.2 Å². The molecule has 20 heavy (non-hydrogen) atoms. The number of halogens is 1. The summed E-state index contributed by atoms with van der Waals surface area (Å²) >= 11 is 1.14. The quantitative estimate of drug-likeness (QED) is 0.808. The SMILES string of the molecule is CN1CCCN(C(=O)c2csnn2)c2ccc(F)cc21.